The van der Waals surface area contributed by atoms with Crippen LogP contribution in [0.3, 0.4) is 0 Å². The van der Waals surface area contributed by atoms with Crippen molar-refractivity contribution in [1.29, 1.82) is 0 Å². The molecule has 0 amide bonds. The summed E-state index contributed by atoms with van der Waals surface area (Å²) in [4.78, 5) is 38.9. The monoisotopic (exact) mass is 539 g/mol. The van der Waals surface area contributed by atoms with Crippen molar-refractivity contribution in [3.63, 3.8) is 0 Å². The number of nitrogens with one attached hydrogen (secondary N) is 1. The molecule has 0 saturated carbocycles. The van der Waals surface area contributed by atoms with E-state index < -0.39 is 44.3 Å². The summed E-state index contributed by atoms with van der Waals surface area (Å²) in [6.07, 6.45) is 1.85. The van der Waals surface area contributed by atoms with Crippen molar-refractivity contribution in [1.82, 2.24) is 28.8 Å². The summed E-state index contributed by atoms with van der Waals surface area (Å²) in [5.41, 5.74) is 6.19. The Balaban J connectivity index is 0.00000320. The molecule has 5 atom stereocenters. The first-order valence-corrected chi connectivity index (χ1v) is 12.4. The molecule has 1 saturated heterocycles. The van der Waals surface area contributed by atoms with Crippen LogP contribution < -0.4 is 45.7 Å². The normalized spacial score (nSPS) is 23.1. The number of nitrogens with two attached hydrogens (primary N) is 1. The number of hydrogen-bond acceptors (Lipinski definition) is 11. The quantitative estimate of drug-likeness (QED) is 0.145. The first-order chi connectivity index (χ1) is 17.3. The van der Waals surface area contributed by atoms with E-state index in [1.54, 1.807) is 0 Å². The molecule has 1 aliphatic heterocycles. The molecule has 1 unspecified atom stereocenters. The maximum atomic E-state index is 12.5. The second-order valence-electron chi connectivity index (χ2n) is 8.20. The summed E-state index contributed by atoms with van der Waals surface area (Å²) < 4.78 is 31.8. The first-order valence-electron chi connectivity index (χ1n) is 11.0. The third-order valence-corrected chi connectivity index (χ3v) is 7.12. The zero-order chi connectivity index (χ0) is 25.3. The van der Waals surface area contributed by atoms with Crippen LogP contribution in [0.2, 0.25) is 0 Å². The second-order valence-corrected chi connectivity index (χ2v) is 9.86. The van der Waals surface area contributed by atoms with Gasteiger partial charge in [-0.2, -0.15) is 4.98 Å². The van der Waals surface area contributed by atoms with Crippen molar-refractivity contribution in [3.8, 4) is 0 Å². The number of fused-ring (bicyclic) bond motifs is 1. The zero-order valence-electron chi connectivity index (χ0n) is 19.8. The Hall–Kier alpha value is -2.39. The molecule has 0 spiro atoms. The average Bonchev–Trinajstić information content (AvgIpc) is 3.59. The van der Waals surface area contributed by atoms with Gasteiger partial charge < -0.3 is 29.7 Å². The number of aliphatic hydroxyl groups is 1. The number of benzene rings is 1. The van der Waals surface area contributed by atoms with E-state index in [0.717, 1.165) is 16.2 Å². The Morgan fingerprint density at radius 2 is 2.03 bits per heavy atom. The molecule has 5 rings (SSSR count). The summed E-state index contributed by atoms with van der Waals surface area (Å²) in [7, 11) is -4.49. The molecule has 16 heteroatoms. The predicted molar refractivity (Wildman–Crippen MR) is 123 cm³/mol. The Kier molecular flexibility index (Phi) is 8.63. The summed E-state index contributed by atoms with van der Waals surface area (Å²) in [5, 5.41) is 11.2. The van der Waals surface area contributed by atoms with Gasteiger partial charge in [-0.15, -0.1) is 0 Å². The van der Waals surface area contributed by atoms with E-state index in [9.17, 15) is 19.4 Å². The standard InChI is InChI=1S/C21H24N7O7P.Na/c22-21-25-18-16(19(30)26-21)24-12-28(18)20-17(29)14(9-33-8-13-4-2-1-3-5-13)15(35-20)10-34-36(31,32)27-7-6-23-11-27;/h1-7,11-12,14-15,17,20,29H,8-10H2,(H,31,32)(H3,22,25,26,30);/q;+1/p-1/t14-,15-,17-,20-;/m1./s1. The van der Waals surface area contributed by atoms with E-state index in [1.807, 2.05) is 30.3 Å². The molecule has 0 aliphatic carbocycles. The molecule has 1 aliphatic rings. The summed E-state index contributed by atoms with van der Waals surface area (Å²) in [6, 6.07) is 9.44. The van der Waals surface area contributed by atoms with Crippen molar-refractivity contribution >= 4 is 24.9 Å². The fraction of sp³-hybridized carbons (Fsp3) is 0.333. The van der Waals surface area contributed by atoms with Gasteiger partial charge in [-0.1, -0.05) is 30.3 Å². The fourth-order valence-corrected chi connectivity index (χ4v) is 4.92. The smallest absolute Gasteiger partial charge is 0.761 e. The van der Waals surface area contributed by atoms with E-state index in [4.69, 9.17) is 19.7 Å². The van der Waals surface area contributed by atoms with Crippen LogP contribution in [0.25, 0.3) is 11.2 Å². The minimum Gasteiger partial charge on any atom is -0.761 e. The molecule has 1 fully saturated rings. The number of aromatic nitrogens is 6. The van der Waals surface area contributed by atoms with Gasteiger partial charge in [0.1, 0.15) is 12.4 Å². The molecule has 4 N–H and O–H groups in total. The molecule has 1 aromatic carbocycles. The number of imidazole rings is 2. The van der Waals surface area contributed by atoms with Crippen LogP contribution in [0.15, 0.2) is 60.2 Å². The number of nitrogen functional groups attached to an aromatic ring is 1. The molecule has 4 aromatic rings. The van der Waals surface area contributed by atoms with Crippen LogP contribution in [0, 0.1) is 5.92 Å². The summed E-state index contributed by atoms with van der Waals surface area (Å²) in [5.74, 6) is -0.810. The second kappa shape index (κ2) is 11.6. The van der Waals surface area contributed by atoms with Gasteiger partial charge in [0.25, 0.3) is 5.56 Å². The molecule has 14 nitrogen and oxygen atoms in total. The first kappa shape index (κ1) is 27.6. The summed E-state index contributed by atoms with van der Waals surface area (Å²) >= 11 is 0. The molecule has 0 radical (unpaired) electrons. The maximum absolute atomic E-state index is 12.5. The SMILES string of the molecule is Nc1nc2c(ncn2[C@@H]2O[C@H](COP(=O)([O-])n3ccnc3)[C@@H](COCc3ccccc3)[C@H]2O)c(=O)[nH]1.[Na+]. The topological polar surface area (TPSA) is 195 Å². The van der Waals surface area contributed by atoms with Crippen molar-refractivity contribution in [2.24, 2.45) is 5.92 Å². The number of nitrogens with zero attached hydrogens (tertiary/aromatic N) is 5. The minimum atomic E-state index is -4.49. The molecule has 0 bridgehead atoms. The van der Waals surface area contributed by atoms with Crippen molar-refractivity contribution < 1.29 is 58.1 Å². The van der Waals surface area contributed by atoms with Gasteiger partial charge in [-0.05, 0) is 5.56 Å². The largest absolute Gasteiger partial charge is 1.00 e. The summed E-state index contributed by atoms with van der Waals surface area (Å²) in [6.45, 7) is -0.0782. The Morgan fingerprint density at radius 3 is 2.76 bits per heavy atom. The van der Waals surface area contributed by atoms with Crippen molar-refractivity contribution in [2.45, 2.75) is 25.0 Å². The van der Waals surface area contributed by atoms with Gasteiger partial charge in [-0.25, -0.2) is 9.97 Å². The Morgan fingerprint density at radius 1 is 1.24 bits per heavy atom. The molecule has 37 heavy (non-hydrogen) atoms. The van der Waals surface area contributed by atoms with E-state index in [-0.39, 0.29) is 59.9 Å². The number of ether oxygens (including phenoxy) is 2. The number of hydrogen-bond donors (Lipinski definition) is 3. The number of aliphatic hydroxyl groups excluding tert-OH is 1. The van der Waals surface area contributed by atoms with Gasteiger partial charge >= 0.3 is 29.6 Å². The zero-order valence-corrected chi connectivity index (χ0v) is 22.7. The number of anilines is 1. The van der Waals surface area contributed by atoms with Gasteiger partial charge in [0.05, 0.1) is 32.3 Å². The number of aromatic amines is 1. The third kappa shape index (κ3) is 5.87. The van der Waals surface area contributed by atoms with Crippen LogP contribution in [0.4, 0.5) is 5.95 Å². The van der Waals surface area contributed by atoms with E-state index >= 15 is 0 Å². The van der Waals surface area contributed by atoms with Gasteiger partial charge in [-0.3, -0.25) is 23.2 Å². The van der Waals surface area contributed by atoms with Crippen LogP contribution in [0.5, 0.6) is 0 Å². The average molecular weight is 539 g/mol. The van der Waals surface area contributed by atoms with Gasteiger partial charge in [0.2, 0.25) is 13.7 Å². The van der Waals surface area contributed by atoms with Gasteiger partial charge in [0.15, 0.2) is 17.4 Å². The van der Waals surface area contributed by atoms with Crippen LogP contribution in [-0.4, -0.2) is 59.4 Å². The molecule has 3 aromatic heterocycles. The van der Waals surface area contributed by atoms with Crippen LogP contribution in [-0.2, 0) is 25.2 Å². The molecular formula is C21H23N7NaO7P. The maximum Gasteiger partial charge on any atom is 1.00 e. The number of rotatable bonds is 9. The van der Waals surface area contributed by atoms with E-state index in [2.05, 4.69) is 19.9 Å². The number of H-pyrrole nitrogens is 1. The fourth-order valence-electron chi connectivity index (χ4n) is 4.04. The van der Waals surface area contributed by atoms with Crippen molar-refractivity contribution in [3.05, 3.63) is 71.3 Å². The molecule has 4 heterocycles. The van der Waals surface area contributed by atoms with E-state index in [1.165, 1.54) is 23.3 Å². The predicted octanol–water partition coefficient (Wildman–Crippen LogP) is -2.97. The molecular weight excluding hydrogens is 516 g/mol. The van der Waals surface area contributed by atoms with Gasteiger partial charge in [0, 0.05) is 18.3 Å². The van der Waals surface area contributed by atoms with Crippen LogP contribution in [0.1, 0.15) is 11.8 Å². The van der Waals surface area contributed by atoms with E-state index in [0.29, 0.717) is 0 Å². The third-order valence-electron chi connectivity index (χ3n) is 5.84. The van der Waals surface area contributed by atoms with Crippen molar-refractivity contribution in [2.75, 3.05) is 18.9 Å². The molecule has 190 valence electrons. The Labute approximate surface area is 232 Å². The Bertz CT molecular complexity index is 1430. The van der Waals surface area contributed by atoms with Crippen LogP contribution >= 0.6 is 7.75 Å². The minimum absolute atomic E-state index is 0.